The minimum absolute atomic E-state index is 0.380. The maximum Gasteiger partial charge on any atom is 0.306 e. The summed E-state index contributed by atoms with van der Waals surface area (Å²) < 4.78 is 0.825. The number of carboxylic acid groups (broad SMARTS) is 1. The van der Waals surface area contributed by atoms with Gasteiger partial charge in [0.15, 0.2) is 0 Å². The van der Waals surface area contributed by atoms with E-state index in [4.69, 9.17) is 10.4 Å². The Balaban J connectivity index is 2.96. The molecule has 0 aliphatic rings. The molecule has 0 amide bonds. The predicted molar refractivity (Wildman–Crippen MR) is 59.4 cm³/mol. The minimum Gasteiger partial charge on any atom is -0.481 e. The molecule has 0 spiro atoms. The third kappa shape index (κ3) is 3.07. The van der Waals surface area contributed by atoms with E-state index in [9.17, 15) is 4.79 Å². The van der Waals surface area contributed by atoms with Crippen LogP contribution >= 0.6 is 15.9 Å². The third-order valence-electron chi connectivity index (χ3n) is 2.14. The number of nitriles is 1. The predicted octanol–water partition coefficient (Wildman–Crippen LogP) is 2.58. The van der Waals surface area contributed by atoms with Crippen molar-refractivity contribution in [1.82, 2.24) is 0 Å². The lowest BCUT2D eigenvalue weighted by molar-refractivity contribution is -0.141. The summed E-state index contributed by atoms with van der Waals surface area (Å²) in [5.74, 6) is -1.32. The van der Waals surface area contributed by atoms with Crippen LogP contribution in [0.3, 0.4) is 0 Å². The fourth-order valence-electron chi connectivity index (χ4n) is 1.25. The molecule has 1 unspecified atom stereocenters. The van der Waals surface area contributed by atoms with Crippen LogP contribution in [0.15, 0.2) is 22.7 Å². The van der Waals surface area contributed by atoms with Crippen LogP contribution in [0.25, 0.3) is 0 Å². The Morgan fingerprint density at radius 1 is 1.67 bits per heavy atom. The quantitative estimate of drug-likeness (QED) is 0.916. The topological polar surface area (TPSA) is 61.1 Å². The molecule has 0 radical (unpaired) electrons. The summed E-state index contributed by atoms with van der Waals surface area (Å²) in [5, 5.41) is 17.6. The number of nitrogens with zero attached hydrogens (tertiary/aromatic N) is 1. The monoisotopic (exact) mass is 267 g/mol. The first-order valence-electron chi connectivity index (χ1n) is 4.46. The van der Waals surface area contributed by atoms with E-state index in [-0.39, 0.29) is 0 Å². The van der Waals surface area contributed by atoms with Crippen molar-refractivity contribution < 1.29 is 9.90 Å². The Hall–Kier alpha value is -1.34. The normalized spacial score (nSPS) is 11.8. The highest BCUT2D eigenvalue weighted by molar-refractivity contribution is 9.10. The molecule has 1 atom stereocenters. The van der Waals surface area contributed by atoms with Crippen molar-refractivity contribution in [2.24, 2.45) is 5.92 Å². The second-order valence-corrected chi connectivity index (χ2v) is 4.27. The fraction of sp³-hybridized carbons (Fsp3) is 0.273. The molecular weight excluding hydrogens is 258 g/mol. The number of rotatable bonds is 3. The van der Waals surface area contributed by atoms with Gasteiger partial charge in [0.05, 0.1) is 17.6 Å². The second kappa shape index (κ2) is 4.94. The van der Waals surface area contributed by atoms with Crippen LogP contribution in [0, 0.1) is 17.2 Å². The Bertz CT molecular complexity index is 423. The van der Waals surface area contributed by atoms with Gasteiger partial charge in [0, 0.05) is 4.47 Å². The maximum absolute atomic E-state index is 10.7. The Kier molecular flexibility index (Phi) is 3.87. The van der Waals surface area contributed by atoms with E-state index >= 15 is 0 Å². The SMILES string of the molecule is CC(Cc1ccc(Br)cc1C#N)C(=O)O. The van der Waals surface area contributed by atoms with Gasteiger partial charge in [0.2, 0.25) is 0 Å². The number of aliphatic carboxylic acids is 1. The molecule has 4 heteroatoms. The van der Waals surface area contributed by atoms with Crippen LogP contribution < -0.4 is 0 Å². The van der Waals surface area contributed by atoms with Crippen LogP contribution in [0.5, 0.6) is 0 Å². The van der Waals surface area contributed by atoms with Gasteiger partial charge in [-0.25, -0.2) is 0 Å². The molecule has 1 N–H and O–H groups in total. The molecule has 1 aromatic carbocycles. The molecule has 0 aliphatic carbocycles. The standard InChI is InChI=1S/C11H10BrNO2/c1-7(11(14)15)4-8-2-3-10(12)5-9(8)6-13/h2-3,5,7H,4H2,1H3,(H,14,15). The zero-order valence-electron chi connectivity index (χ0n) is 8.20. The number of halogens is 1. The molecule has 0 heterocycles. The number of hydrogen-bond acceptors (Lipinski definition) is 2. The van der Waals surface area contributed by atoms with Gasteiger partial charge >= 0.3 is 5.97 Å². The first-order chi connectivity index (χ1) is 7.04. The fourth-order valence-corrected chi connectivity index (χ4v) is 1.61. The first kappa shape index (κ1) is 11.7. The Morgan fingerprint density at radius 3 is 2.87 bits per heavy atom. The van der Waals surface area contributed by atoms with Gasteiger partial charge in [-0.1, -0.05) is 28.9 Å². The van der Waals surface area contributed by atoms with E-state index in [0.717, 1.165) is 10.0 Å². The van der Waals surface area contributed by atoms with E-state index in [0.29, 0.717) is 12.0 Å². The largest absolute Gasteiger partial charge is 0.481 e. The van der Waals surface area contributed by atoms with Crippen LogP contribution in [-0.4, -0.2) is 11.1 Å². The average Bonchev–Trinajstić information content (AvgIpc) is 2.20. The van der Waals surface area contributed by atoms with Crippen molar-refractivity contribution in [3.63, 3.8) is 0 Å². The Morgan fingerprint density at radius 2 is 2.33 bits per heavy atom. The second-order valence-electron chi connectivity index (χ2n) is 3.36. The van der Waals surface area contributed by atoms with Gasteiger partial charge in [-0.05, 0) is 24.1 Å². The summed E-state index contributed by atoms with van der Waals surface area (Å²) in [4.78, 5) is 10.7. The van der Waals surface area contributed by atoms with Crippen LogP contribution in [0.2, 0.25) is 0 Å². The summed E-state index contributed by atoms with van der Waals surface area (Å²) in [6.07, 6.45) is 0.380. The zero-order valence-corrected chi connectivity index (χ0v) is 9.78. The zero-order chi connectivity index (χ0) is 11.4. The van der Waals surface area contributed by atoms with Crippen molar-refractivity contribution >= 4 is 21.9 Å². The van der Waals surface area contributed by atoms with Crippen molar-refractivity contribution in [3.05, 3.63) is 33.8 Å². The van der Waals surface area contributed by atoms with E-state index in [2.05, 4.69) is 22.0 Å². The van der Waals surface area contributed by atoms with Gasteiger partial charge in [0.25, 0.3) is 0 Å². The average molecular weight is 268 g/mol. The minimum atomic E-state index is -0.846. The molecule has 0 aromatic heterocycles. The van der Waals surface area contributed by atoms with Gasteiger partial charge < -0.3 is 5.11 Å². The van der Waals surface area contributed by atoms with Gasteiger partial charge in [-0.3, -0.25) is 4.79 Å². The number of carboxylic acids is 1. The number of hydrogen-bond donors (Lipinski definition) is 1. The maximum atomic E-state index is 10.7. The van der Waals surface area contributed by atoms with E-state index in [1.54, 1.807) is 19.1 Å². The number of benzene rings is 1. The number of carbonyl (C=O) groups is 1. The molecule has 1 aromatic rings. The van der Waals surface area contributed by atoms with Gasteiger partial charge in [-0.2, -0.15) is 5.26 Å². The van der Waals surface area contributed by atoms with Crippen molar-refractivity contribution in [1.29, 1.82) is 5.26 Å². The molecule has 0 saturated heterocycles. The van der Waals surface area contributed by atoms with E-state index in [1.807, 2.05) is 6.07 Å². The lowest BCUT2D eigenvalue weighted by atomic mass is 9.97. The smallest absolute Gasteiger partial charge is 0.306 e. The molecule has 0 bridgehead atoms. The lowest BCUT2D eigenvalue weighted by Crippen LogP contribution is -2.12. The van der Waals surface area contributed by atoms with Crippen LogP contribution in [0.4, 0.5) is 0 Å². The molecule has 0 fully saturated rings. The summed E-state index contributed by atoms with van der Waals surface area (Å²) in [6.45, 7) is 1.63. The molecule has 0 aliphatic heterocycles. The first-order valence-corrected chi connectivity index (χ1v) is 5.25. The summed E-state index contributed by atoms with van der Waals surface area (Å²) in [7, 11) is 0. The highest BCUT2D eigenvalue weighted by Crippen LogP contribution is 2.18. The van der Waals surface area contributed by atoms with Crippen LogP contribution in [-0.2, 0) is 11.2 Å². The van der Waals surface area contributed by atoms with E-state index < -0.39 is 11.9 Å². The molecule has 78 valence electrons. The van der Waals surface area contributed by atoms with Gasteiger partial charge in [-0.15, -0.1) is 0 Å². The van der Waals surface area contributed by atoms with Crippen molar-refractivity contribution in [2.75, 3.05) is 0 Å². The Labute approximate surface area is 96.5 Å². The third-order valence-corrected chi connectivity index (χ3v) is 2.63. The van der Waals surface area contributed by atoms with Gasteiger partial charge in [0.1, 0.15) is 0 Å². The molecule has 15 heavy (non-hydrogen) atoms. The highest BCUT2D eigenvalue weighted by atomic mass is 79.9. The molecule has 1 rings (SSSR count). The molecule has 3 nitrogen and oxygen atoms in total. The summed E-state index contributed by atoms with van der Waals surface area (Å²) in [6, 6.07) is 7.35. The summed E-state index contributed by atoms with van der Waals surface area (Å²) >= 11 is 3.26. The lowest BCUT2D eigenvalue weighted by Gasteiger charge is -2.07. The van der Waals surface area contributed by atoms with Crippen molar-refractivity contribution in [2.45, 2.75) is 13.3 Å². The van der Waals surface area contributed by atoms with Crippen molar-refractivity contribution in [3.8, 4) is 6.07 Å². The molecule has 0 saturated carbocycles. The summed E-state index contributed by atoms with van der Waals surface area (Å²) in [5.41, 5.74) is 1.30. The van der Waals surface area contributed by atoms with Crippen LogP contribution in [0.1, 0.15) is 18.1 Å². The van der Waals surface area contributed by atoms with E-state index in [1.165, 1.54) is 0 Å². The molecular formula is C11H10BrNO2. The highest BCUT2D eigenvalue weighted by Gasteiger charge is 2.13.